The number of ether oxygens (including phenoxy) is 1. The Hall–Kier alpha value is -3.45. The summed E-state index contributed by atoms with van der Waals surface area (Å²) in [6.45, 7) is 2.52. The molecule has 1 aromatic heterocycles. The van der Waals surface area contributed by atoms with Gasteiger partial charge in [0.05, 0.1) is 0 Å². The Bertz CT molecular complexity index is 987. The van der Waals surface area contributed by atoms with Gasteiger partial charge in [-0.15, -0.1) is 0 Å². The highest BCUT2D eigenvalue weighted by Crippen LogP contribution is 2.25. The summed E-state index contributed by atoms with van der Waals surface area (Å²) in [7, 11) is 0. The number of hydrogen-bond donors (Lipinski definition) is 3. The molecule has 0 atom stereocenters. The van der Waals surface area contributed by atoms with Gasteiger partial charge in [0.15, 0.2) is 0 Å². The van der Waals surface area contributed by atoms with E-state index >= 15 is 0 Å². The second-order valence-corrected chi connectivity index (χ2v) is 6.34. The third kappa shape index (κ3) is 4.83. The number of benzene rings is 2. The van der Waals surface area contributed by atoms with E-state index in [0.717, 1.165) is 10.9 Å². The first-order chi connectivity index (χ1) is 13.6. The van der Waals surface area contributed by atoms with Gasteiger partial charge in [0.2, 0.25) is 5.91 Å². The predicted octanol–water partition coefficient (Wildman–Crippen LogP) is 2.75. The molecule has 3 rings (SSSR count). The van der Waals surface area contributed by atoms with Crippen molar-refractivity contribution in [2.75, 3.05) is 6.54 Å². The number of aromatic nitrogens is 1. The van der Waals surface area contributed by atoms with Gasteiger partial charge in [0.25, 0.3) is 5.91 Å². The molecule has 0 fully saturated rings. The van der Waals surface area contributed by atoms with E-state index in [1.165, 1.54) is 11.0 Å². The van der Waals surface area contributed by atoms with Crippen LogP contribution in [-0.4, -0.2) is 28.6 Å². The third-order valence-electron chi connectivity index (χ3n) is 4.19. The van der Waals surface area contributed by atoms with Gasteiger partial charge in [-0.2, -0.15) is 0 Å². The van der Waals surface area contributed by atoms with E-state index < -0.39 is 11.8 Å². The standard InChI is InChI=1S/C21H21N3O4/c1-14-5-7-15(8-6-14)13-28-18-4-2-3-16-9-10-17(23-20(16)18)21(26)22-12-11-19(25)24-27/h2-10,27H,11-13H2,1H3,(H,22,26)(H,24,25). The van der Waals surface area contributed by atoms with Crippen LogP contribution in [0.2, 0.25) is 0 Å². The van der Waals surface area contributed by atoms with Crippen LogP contribution < -0.4 is 15.5 Å². The average Bonchev–Trinajstić information content (AvgIpc) is 2.72. The van der Waals surface area contributed by atoms with E-state index in [9.17, 15) is 9.59 Å². The average molecular weight is 379 g/mol. The lowest BCUT2D eigenvalue weighted by Crippen LogP contribution is -2.29. The Morgan fingerprint density at radius 2 is 1.86 bits per heavy atom. The molecule has 2 amide bonds. The maximum absolute atomic E-state index is 12.3. The van der Waals surface area contributed by atoms with Gasteiger partial charge in [0.1, 0.15) is 23.6 Å². The van der Waals surface area contributed by atoms with Crippen molar-refractivity contribution in [3.8, 4) is 5.75 Å². The van der Waals surface area contributed by atoms with Crippen molar-refractivity contribution < 1.29 is 19.5 Å². The van der Waals surface area contributed by atoms with Gasteiger partial charge in [0, 0.05) is 18.4 Å². The summed E-state index contributed by atoms with van der Waals surface area (Å²) >= 11 is 0. The molecule has 0 spiro atoms. The Morgan fingerprint density at radius 1 is 1.07 bits per heavy atom. The first kappa shape index (κ1) is 19.3. The number of fused-ring (bicyclic) bond motifs is 1. The van der Waals surface area contributed by atoms with Crippen LogP contribution in [0.3, 0.4) is 0 Å². The molecule has 0 aliphatic rings. The number of amides is 2. The first-order valence-corrected chi connectivity index (χ1v) is 8.86. The number of hydroxylamine groups is 1. The second kappa shape index (κ2) is 8.96. The third-order valence-corrected chi connectivity index (χ3v) is 4.19. The van der Waals surface area contributed by atoms with Crippen LogP contribution in [0.5, 0.6) is 5.75 Å². The fourth-order valence-electron chi connectivity index (χ4n) is 2.64. The smallest absolute Gasteiger partial charge is 0.269 e. The number of aryl methyl sites for hydroxylation is 1. The quantitative estimate of drug-likeness (QED) is 0.433. The molecule has 7 nitrogen and oxygen atoms in total. The zero-order valence-corrected chi connectivity index (χ0v) is 15.4. The summed E-state index contributed by atoms with van der Waals surface area (Å²) in [6.07, 6.45) is -0.0271. The maximum Gasteiger partial charge on any atom is 0.269 e. The second-order valence-electron chi connectivity index (χ2n) is 6.34. The molecular weight excluding hydrogens is 358 g/mol. The molecule has 1 heterocycles. The molecule has 7 heteroatoms. The van der Waals surface area contributed by atoms with Crippen LogP contribution in [0.4, 0.5) is 0 Å². The molecule has 0 radical (unpaired) electrons. The SMILES string of the molecule is Cc1ccc(COc2cccc3ccc(C(=O)NCCC(=O)NO)nc23)cc1. The highest BCUT2D eigenvalue weighted by Gasteiger charge is 2.11. The molecule has 3 aromatic rings. The molecule has 2 aromatic carbocycles. The first-order valence-electron chi connectivity index (χ1n) is 8.86. The van der Waals surface area contributed by atoms with Crippen LogP contribution in [-0.2, 0) is 11.4 Å². The van der Waals surface area contributed by atoms with Crippen molar-refractivity contribution in [2.45, 2.75) is 20.0 Å². The Labute approximate surface area is 162 Å². The minimum Gasteiger partial charge on any atom is -0.487 e. The minimum atomic E-state index is -0.571. The summed E-state index contributed by atoms with van der Waals surface area (Å²) in [5, 5.41) is 11.9. The van der Waals surface area contributed by atoms with Gasteiger partial charge in [-0.1, -0.05) is 48.0 Å². The number of pyridine rings is 1. The highest BCUT2D eigenvalue weighted by molar-refractivity contribution is 5.96. The summed E-state index contributed by atoms with van der Waals surface area (Å²) in [4.78, 5) is 27.7. The number of para-hydroxylation sites is 1. The topological polar surface area (TPSA) is 101 Å². The van der Waals surface area contributed by atoms with Crippen molar-refractivity contribution in [2.24, 2.45) is 0 Å². The van der Waals surface area contributed by atoms with E-state index in [0.29, 0.717) is 17.9 Å². The van der Waals surface area contributed by atoms with Crippen molar-refractivity contribution in [1.82, 2.24) is 15.8 Å². The lowest BCUT2D eigenvalue weighted by Gasteiger charge is -2.10. The van der Waals surface area contributed by atoms with Crippen molar-refractivity contribution in [3.05, 3.63) is 71.4 Å². The van der Waals surface area contributed by atoms with Gasteiger partial charge >= 0.3 is 0 Å². The lowest BCUT2D eigenvalue weighted by atomic mass is 10.1. The Morgan fingerprint density at radius 3 is 2.61 bits per heavy atom. The Balaban J connectivity index is 1.74. The van der Waals surface area contributed by atoms with Crippen molar-refractivity contribution in [3.63, 3.8) is 0 Å². The molecule has 144 valence electrons. The van der Waals surface area contributed by atoms with E-state index in [1.54, 1.807) is 12.1 Å². The van der Waals surface area contributed by atoms with E-state index in [-0.39, 0.29) is 18.7 Å². The number of carbonyl (C=O) groups is 2. The summed E-state index contributed by atoms with van der Waals surface area (Å²) in [6, 6.07) is 17.1. The van der Waals surface area contributed by atoms with Crippen LogP contribution in [0.1, 0.15) is 28.0 Å². The molecule has 0 aliphatic carbocycles. The molecule has 0 aliphatic heterocycles. The fourth-order valence-corrected chi connectivity index (χ4v) is 2.64. The van der Waals surface area contributed by atoms with Gasteiger partial charge in [-0.3, -0.25) is 14.8 Å². The highest BCUT2D eigenvalue weighted by atomic mass is 16.5. The Kier molecular flexibility index (Phi) is 6.18. The normalized spacial score (nSPS) is 10.5. The number of nitrogens with one attached hydrogen (secondary N) is 2. The molecule has 28 heavy (non-hydrogen) atoms. The van der Waals surface area contributed by atoms with Crippen LogP contribution in [0.25, 0.3) is 10.9 Å². The van der Waals surface area contributed by atoms with E-state index in [2.05, 4.69) is 10.3 Å². The zero-order chi connectivity index (χ0) is 19.9. The lowest BCUT2D eigenvalue weighted by molar-refractivity contribution is -0.129. The molecule has 0 saturated heterocycles. The molecule has 0 saturated carbocycles. The van der Waals surface area contributed by atoms with E-state index in [4.69, 9.17) is 9.94 Å². The van der Waals surface area contributed by atoms with Gasteiger partial charge in [-0.25, -0.2) is 10.5 Å². The minimum absolute atomic E-state index is 0.0271. The van der Waals surface area contributed by atoms with Crippen molar-refractivity contribution >= 4 is 22.7 Å². The monoisotopic (exact) mass is 379 g/mol. The number of carbonyl (C=O) groups excluding carboxylic acids is 2. The summed E-state index contributed by atoms with van der Waals surface area (Å²) in [5.41, 5.74) is 4.56. The molecular formula is C21H21N3O4. The number of rotatable bonds is 7. The van der Waals surface area contributed by atoms with Crippen LogP contribution in [0, 0.1) is 6.92 Å². The zero-order valence-electron chi connectivity index (χ0n) is 15.4. The van der Waals surface area contributed by atoms with Gasteiger partial charge in [-0.05, 0) is 24.6 Å². The number of nitrogens with zero attached hydrogens (tertiary/aromatic N) is 1. The molecule has 3 N–H and O–H groups in total. The van der Waals surface area contributed by atoms with Crippen LogP contribution >= 0.6 is 0 Å². The summed E-state index contributed by atoms with van der Waals surface area (Å²) in [5.74, 6) is -0.382. The maximum atomic E-state index is 12.3. The number of hydrogen-bond acceptors (Lipinski definition) is 5. The van der Waals surface area contributed by atoms with Gasteiger partial charge < -0.3 is 10.1 Å². The fraction of sp³-hybridized carbons (Fsp3) is 0.190. The van der Waals surface area contributed by atoms with Crippen molar-refractivity contribution in [1.29, 1.82) is 0 Å². The van der Waals surface area contributed by atoms with Crippen LogP contribution in [0.15, 0.2) is 54.6 Å². The molecule has 0 bridgehead atoms. The largest absolute Gasteiger partial charge is 0.487 e. The van der Waals surface area contributed by atoms with E-state index in [1.807, 2.05) is 49.4 Å². The predicted molar refractivity (Wildman–Crippen MR) is 104 cm³/mol. The molecule has 0 unspecified atom stereocenters. The summed E-state index contributed by atoms with van der Waals surface area (Å²) < 4.78 is 5.93.